The molecule has 3 saturated heterocycles. The summed E-state index contributed by atoms with van der Waals surface area (Å²) in [6, 6.07) is 1.53. The molecule has 0 N–H and O–H groups in total. The highest BCUT2D eigenvalue weighted by molar-refractivity contribution is 4.86. The monoisotopic (exact) mass is 367 g/mol. The van der Waals surface area contributed by atoms with Gasteiger partial charge in [0.25, 0.3) is 0 Å². The lowest BCUT2D eigenvalue weighted by Gasteiger charge is -2.41. The van der Waals surface area contributed by atoms with E-state index in [4.69, 9.17) is 9.47 Å². The minimum atomic E-state index is 0.745. The van der Waals surface area contributed by atoms with Crippen LogP contribution in [0.5, 0.6) is 0 Å². The predicted molar refractivity (Wildman–Crippen MR) is 107 cm³/mol. The Labute approximate surface area is 161 Å². The van der Waals surface area contributed by atoms with E-state index in [1.807, 2.05) is 0 Å². The van der Waals surface area contributed by atoms with Crippen LogP contribution in [-0.4, -0.2) is 99.5 Å². The Morgan fingerprint density at radius 3 is 2.46 bits per heavy atom. The van der Waals surface area contributed by atoms with Crippen molar-refractivity contribution in [3.05, 3.63) is 0 Å². The van der Waals surface area contributed by atoms with Crippen molar-refractivity contribution < 1.29 is 9.47 Å². The van der Waals surface area contributed by atoms with Crippen molar-refractivity contribution in [2.45, 2.75) is 57.5 Å². The molecule has 0 saturated carbocycles. The first kappa shape index (κ1) is 20.5. The Hall–Kier alpha value is -0.200. The van der Waals surface area contributed by atoms with Crippen LogP contribution in [-0.2, 0) is 9.47 Å². The second-order valence-corrected chi connectivity index (χ2v) is 8.50. The summed E-state index contributed by atoms with van der Waals surface area (Å²) in [4.78, 5) is 8.16. The van der Waals surface area contributed by atoms with E-state index in [-0.39, 0.29) is 0 Å². The van der Waals surface area contributed by atoms with Crippen molar-refractivity contribution in [2.24, 2.45) is 5.92 Å². The van der Waals surface area contributed by atoms with E-state index in [0.717, 1.165) is 44.4 Å². The lowest BCUT2D eigenvalue weighted by molar-refractivity contribution is 0.0132. The molecule has 3 aliphatic heterocycles. The molecule has 152 valence electrons. The average molecular weight is 368 g/mol. The molecule has 0 radical (unpaired) electrons. The number of hydrogen-bond donors (Lipinski definition) is 0. The Bertz CT molecular complexity index is 381. The predicted octanol–water partition coefficient (Wildman–Crippen LogP) is 2.31. The van der Waals surface area contributed by atoms with Crippen molar-refractivity contribution in [3.63, 3.8) is 0 Å². The number of hydrogen-bond acceptors (Lipinski definition) is 5. The van der Waals surface area contributed by atoms with Gasteiger partial charge in [-0.2, -0.15) is 0 Å². The Morgan fingerprint density at radius 1 is 1.00 bits per heavy atom. The zero-order valence-corrected chi connectivity index (χ0v) is 17.2. The van der Waals surface area contributed by atoms with Crippen molar-refractivity contribution in [1.82, 2.24) is 14.7 Å². The van der Waals surface area contributed by atoms with Crippen LogP contribution in [0.1, 0.15) is 45.4 Å². The number of ether oxygens (including phenoxy) is 2. The summed E-state index contributed by atoms with van der Waals surface area (Å²) in [5, 5.41) is 0. The Morgan fingerprint density at radius 2 is 1.77 bits per heavy atom. The number of nitrogens with zero attached hydrogens (tertiary/aromatic N) is 3. The van der Waals surface area contributed by atoms with Crippen LogP contribution in [0, 0.1) is 5.92 Å². The molecule has 0 aromatic heterocycles. The third kappa shape index (κ3) is 5.90. The molecule has 1 atom stereocenters. The van der Waals surface area contributed by atoms with Gasteiger partial charge in [0.15, 0.2) is 0 Å². The minimum absolute atomic E-state index is 0.745. The first-order chi connectivity index (χ1) is 12.8. The molecule has 3 rings (SSSR count). The summed E-state index contributed by atoms with van der Waals surface area (Å²) < 4.78 is 10.9. The fourth-order valence-corrected chi connectivity index (χ4v) is 5.16. The number of methoxy groups -OCH3 is 1. The summed E-state index contributed by atoms with van der Waals surface area (Å²) in [6.07, 6.45) is 7.94. The van der Waals surface area contributed by atoms with Crippen molar-refractivity contribution in [2.75, 3.05) is 72.7 Å². The van der Waals surface area contributed by atoms with E-state index in [0.29, 0.717) is 0 Å². The van der Waals surface area contributed by atoms with Crippen LogP contribution in [0.15, 0.2) is 0 Å². The van der Waals surface area contributed by atoms with E-state index < -0.39 is 0 Å². The first-order valence-corrected chi connectivity index (χ1v) is 11.1. The normalized spacial score (nSPS) is 27.6. The maximum Gasteiger partial charge on any atom is 0.0589 e. The third-order valence-corrected chi connectivity index (χ3v) is 6.87. The molecule has 5 nitrogen and oxygen atoms in total. The topological polar surface area (TPSA) is 28.2 Å². The van der Waals surface area contributed by atoms with Gasteiger partial charge in [0, 0.05) is 52.0 Å². The highest BCUT2D eigenvalue weighted by Crippen LogP contribution is 2.25. The fourth-order valence-electron chi connectivity index (χ4n) is 5.16. The second-order valence-electron chi connectivity index (χ2n) is 8.50. The van der Waals surface area contributed by atoms with Crippen molar-refractivity contribution in [3.8, 4) is 0 Å². The van der Waals surface area contributed by atoms with Gasteiger partial charge in [-0.15, -0.1) is 0 Å². The zero-order valence-electron chi connectivity index (χ0n) is 17.2. The molecule has 3 fully saturated rings. The standard InChI is InChI=1S/C21H41N3O2/c1-3-23-10-4-5-21(23)18-24(20-8-14-26-15-9-20)17-19-6-11-22(12-7-19)13-16-25-2/h19-21H,3-18H2,1-2H3. The molecule has 0 aromatic rings. The molecular formula is C21H41N3O2. The van der Waals surface area contributed by atoms with Crippen LogP contribution in [0.2, 0.25) is 0 Å². The smallest absolute Gasteiger partial charge is 0.0589 e. The SMILES string of the molecule is CCN1CCCC1CN(CC1CCN(CCOC)CC1)C1CCOCC1. The molecule has 0 aromatic carbocycles. The van der Waals surface area contributed by atoms with Crippen LogP contribution in [0.3, 0.4) is 0 Å². The molecule has 5 heteroatoms. The van der Waals surface area contributed by atoms with Crippen molar-refractivity contribution in [1.29, 1.82) is 0 Å². The Kier molecular flexibility index (Phi) is 8.66. The van der Waals surface area contributed by atoms with Gasteiger partial charge in [-0.05, 0) is 70.6 Å². The van der Waals surface area contributed by atoms with Crippen molar-refractivity contribution >= 4 is 0 Å². The van der Waals surface area contributed by atoms with Crippen LogP contribution in [0.25, 0.3) is 0 Å². The molecule has 0 bridgehead atoms. The first-order valence-electron chi connectivity index (χ1n) is 11.1. The highest BCUT2D eigenvalue weighted by atomic mass is 16.5. The number of piperidine rings is 1. The Balaban J connectivity index is 1.52. The zero-order chi connectivity index (χ0) is 18.2. The molecule has 0 aliphatic carbocycles. The maximum atomic E-state index is 5.65. The lowest BCUT2D eigenvalue weighted by atomic mass is 9.94. The van der Waals surface area contributed by atoms with Gasteiger partial charge in [0.05, 0.1) is 6.61 Å². The molecule has 3 aliphatic rings. The second kappa shape index (κ2) is 11.0. The lowest BCUT2D eigenvalue weighted by Crippen LogP contribution is -2.49. The van der Waals surface area contributed by atoms with E-state index in [9.17, 15) is 0 Å². The molecule has 0 spiro atoms. The van der Waals surface area contributed by atoms with Gasteiger partial charge in [-0.1, -0.05) is 6.92 Å². The number of likely N-dealkylation sites (tertiary alicyclic amines) is 2. The summed E-state index contributed by atoms with van der Waals surface area (Å²) in [6.45, 7) is 13.8. The van der Waals surface area contributed by atoms with Gasteiger partial charge >= 0.3 is 0 Å². The molecule has 3 heterocycles. The third-order valence-electron chi connectivity index (χ3n) is 6.87. The minimum Gasteiger partial charge on any atom is -0.383 e. The largest absolute Gasteiger partial charge is 0.383 e. The quantitative estimate of drug-likeness (QED) is 0.624. The molecule has 1 unspecified atom stereocenters. The highest BCUT2D eigenvalue weighted by Gasteiger charge is 2.31. The fraction of sp³-hybridized carbons (Fsp3) is 1.00. The maximum absolute atomic E-state index is 5.65. The molecule has 0 amide bonds. The van der Waals surface area contributed by atoms with Gasteiger partial charge in [0.1, 0.15) is 0 Å². The van der Waals surface area contributed by atoms with Crippen LogP contribution < -0.4 is 0 Å². The van der Waals surface area contributed by atoms with E-state index >= 15 is 0 Å². The van der Waals surface area contributed by atoms with Crippen LogP contribution in [0.4, 0.5) is 0 Å². The number of likely N-dealkylation sites (N-methyl/N-ethyl adjacent to an activating group) is 1. The molecular weight excluding hydrogens is 326 g/mol. The summed E-state index contributed by atoms with van der Waals surface area (Å²) in [5.74, 6) is 0.869. The van der Waals surface area contributed by atoms with E-state index in [1.54, 1.807) is 7.11 Å². The van der Waals surface area contributed by atoms with E-state index in [2.05, 4.69) is 21.6 Å². The molecule has 26 heavy (non-hydrogen) atoms. The van der Waals surface area contributed by atoms with Gasteiger partial charge in [0.2, 0.25) is 0 Å². The van der Waals surface area contributed by atoms with E-state index in [1.165, 1.54) is 77.8 Å². The van der Waals surface area contributed by atoms with Crippen LogP contribution >= 0.6 is 0 Å². The summed E-state index contributed by atoms with van der Waals surface area (Å²) in [7, 11) is 1.81. The summed E-state index contributed by atoms with van der Waals surface area (Å²) in [5.41, 5.74) is 0. The van der Waals surface area contributed by atoms with Gasteiger partial charge < -0.3 is 14.4 Å². The van der Waals surface area contributed by atoms with Gasteiger partial charge in [-0.25, -0.2) is 0 Å². The number of rotatable bonds is 9. The average Bonchev–Trinajstić information content (AvgIpc) is 3.15. The summed E-state index contributed by atoms with van der Waals surface area (Å²) >= 11 is 0. The van der Waals surface area contributed by atoms with Gasteiger partial charge in [-0.3, -0.25) is 9.80 Å².